The van der Waals surface area contributed by atoms with Crippen LogP contribution in [0, 0.1) is 6.92 Å². The summed E-state index contributed by atoms with van der Waals surface area (Å²) in [6.07, 6.45) is 2.68. The lowest BCUT2D eigenvalue weighted by molar-refractivity contribution is 0.110. The molecule has 0 saturated carbocycles. The van der Waals surface area contributed by atoms with Crippen LogP contribution in [0.25, 0.3) is 4.96 Å². The van der Waals surface area contributed by atoms with E-state index in [2.05, 4.69) is 27.0 Å². The van der Waals surface area contributed by atoms with E-state index in [0.29, 0.717) is 11.3 Å². The maximum absolute atomic E-state index is 6.18. The van der Waals surface area contributed by atoms with Gasteiger partial charge in [-0.2, -0.15) is 0 Å². The Labute approximate surface area is 115 Å². The van der Waals surface area contributed by atoms with Crippen molar-refractivity contribution in [3.05, 3.63) is 21.9 Å². The van der Waals surface area contributed by atoms with Crippen molar-refractivity contribution in [3.63, 3.8) is 0 Å². The molecule has 1 unspecified atom stereocenters. The standard InChI is InChI=1S/C12H16ClN3OS/c1-8-7-18-12-15-11(13)10(16(8)12)6-14-5-9-3-2-4-17-9/h7,9,14H,2-6H2,1H3. The molecule has 1 fully saturated rings. The molecule has 6 heteroatoms. The lowest BCUT2D eigenvalue weighted by atomic mass is 10.2. The van der Waals surface area contributed by atoms with Crippen LogP contribution in [0.1, 0.15) is 24.2 Å². The van der Waals surface area contributed by atoms with Crippen LogP contribution in [0.5, 0.6) is 0 Å². The minimum absolute atomic E-state index is 0.357. The van der Waals surface area contributed by atoms with Gasteiger partial charge in [0.2, 0.25) is 0 Å². The number of nitrogens with one attached hydrogen (secondary N) is 1. The summed E-state index contributed by atoms with van der Waals surface area (Å²) in [7, 11) is 0. The Kier molecular flexibility index (Phi) is 3.56. The molecule has 2 aromatic rings. The Hall–Kier alpha value is -0.620. The van der Waals surface area contributed by atoms with Gasteiger partial charge in [-0.3, -0.25) is 4.40 Å². The largest absolute Gasteiger partial charge is 0.377 e. The van der Waals surface area contributed by atoms with Gasteiger partial charge in [0.05, 0.1) is 11.8 Å². The van der Waals surface area contributed by atoms with Gasteiger partial charge in [-0.05, 0) is 19.8 Å². The molecule has 18 heavy (non-hydrogen) atoms. The number of hydrogen-bond donors (Lipinski definition) is 1. The number of halogens is 1. The number of aromatic nitrogens is 2. The molecule has 1 saturated heterocycles. The van der Waals surface area contributed by atoms with E-state index in [1.807, 2.05) is 0 Å². The molecule has 0 radical (unpaired) electrons. The van der Waals surface area contributed by atoms with Gasteiger partial charge in [-0.1, -0.05) is 11.6 Å². The van der Waals surface area contributed by atoms with Crippen molar-refractivity contribution < 1.29 is 4.74 Å². The van der Waals surface area contributed by atoms with E-state index < -0.39 is 0 Å². The van der Waals surface area contributed by atoms with Gasteiger partial charge in [0.15, 0.2) is 10.1 Å². The van der Waals surface area contributed by atoms with Gasteiger partial charge in [0, 0.05) is 30.8 Å². The van der Waals surface area contributed by atoms with Crippen LogP contribution >= 0.6 is 22.9 Å². The van der Waals surface area contributed by atoms with Crippen LogP contribution in [0.3, 0.4) is 0 Å². The molecule has 1 N–H and O–H groups in total. The van der Waals surface area contributed by atoms with E-state index in [9.17, 15) is 0 Å². The monoisotopic (exact) mass is 285 g/mol. The summed E-state index contributed by atoms with van der Waals surface area (Å²) in [5.74, 6) is 0. The highest BCUT2D eigenvalue weighted by molar-refractivity contribution is 7.15. The maximum atomic E-state index is 6.18. The van der Waals surface area contributed by atoms with Gasteiger partial charge in [-0.25, -0.2) is 4.98 Å². The Morgan fingerprint density at radius 1 is 1.67 bits per heavy atom. The van der Waals surface area contributed by atoms with Crippen LogP contribution in [-0.4, -0.2) is 28.6 Å². The van der Waals surface area contributed by atoms with Gasteiger partial charge >= 0.3 is 0 Å². The van der Waals surface area contributed by atoms with Crippen molar-refractivity contribution >= 4 is 27.9 Å². The summed E-state index contributed by atoms with van der Waals surface area (Å²) in [4.78, 5) is 5.32. The lowest BCUT2D eigenvalue weighted by Gasteiger charge is -2.10. The summed E-state index contributed by atoms with van der Waals surface area (Å²) in [5.41, 5.74) is 2.23. The Bertz CT molecular complexity index is 545. The highest BCUT2D eigenvalue weighted by Gasteiger charge is 2.17. The Morgan fingerprint density at radius 3 is 3.33 bits per heavy atom. The van der Waals surface area contributed by atoms with Gasteiger partial charge in [0.1, 0.15) is 0 Å². The first-order chi connectivity index (χ1) is 8.75. The summed E-state index contributed by atoms with van der Waals surface area (Å²) < 4.78 is 7.70. The van der Waals surface area contributed by atoms with Crippen molar-refractivity contribution in [2.24, 2.45) is 0 Å². The molecule has 0 spiro atoms. The predicted octanol–water partition coefficient (Wildman–Crippen LogP) is 2.63. The van der Waals surface area contributed by atoms with E-state index in [4.69, 9.17) is 16.3 Å². The molecule has 1 aliphatic heterocycles. The van der Waals surface area contributed by atoms with Crippen LogP contribution in [0.2, 0.25) is 5.15 Å². The summed E-state index contributed by atoms with van der Waals surface area (Å²) in [6, 6.07) is 0. The van der Waals surface area contributed by atoms with E-state index in [1.54, 1.807) is 11.3 Å². The van der Waals surface area contributed by atoms with Crippen LogP contribution < -0.4 is 5.32 Å². The fourth-order valence-corrected chi connectivity index (χ4v) is 3.52. The normalized spacial score (nSPS) is 20.0. The minimum atomic E-state index is 0.357. The molecule has 3 heterocycles. The second kappa shape index (κ2) is 5.17. The first-order valence-corrected chi connectivity index (χ1v) is 7.44. The predicted molar refractivity (Wildman–Crippen MR) is 73.5 cm³/mol. The number of rotatable bonds is 4. The number of thiazole rings is 1. The average Bonchev–Trinajstić information content (AvgIpc) is 3.02. The first kappa shape index (κ1) is 12.4. The number of imidazole rings is 1. The minimum Gasteiger partial charge on any atom is -0.377 e. The molecule has 98 valence electrons. The zero-order valence-corrected chi connectivity index (χ0v) is 11.9. The highest BCUT2D eigenvalue weighted by Crippen LogP contribution is 2.24. The summed E-state index contributed by atoms with van der Waals surface area (Å²) >= 11 is 7.80. The molecule has 0 amide bonds. The fourth-order valence-electron chi connectivity index (χ4n) is 2.35. The number of aryl methyl sites for hydroxylation is 1. The van der Waals surface area contributed by atoms with Crippen molar-refractivity contribution in [3.8, 4) is 0 Å². The van der Waals surface area contributed by atoms with E-state index >= 15 is 0 Å². The lowest BCUT2D eigenvalue weighted by Crippen LogP contribution is -2.26. The molecular weight excluding hydrogens is 270 g/mol. The smallest absolute Gasteiger partial charge is 0.195 e. The van der Waals surface area contributed by atoms with Crippen molar-refractivity contribution in [1.82, 2.24) is 14.7 Å². The van der Waals surface area contributed by atoms with Gasteiger partial charge in [-0.15, -0.1) is 11.3 Å². The molecule has 0 aromatic carbocycles. The SMILES string of the molecule is Cc1csc2nc(Cl)c(CNCC3CCCO3)n12. The molecule has 3 rings (SSSR count). The Balaban J connectivity index is 1.69. The van der Waals surface area contributed by atoms with Crippen molar-refractivity contribution in [2.75, 3.05) is 13.2 Å². The Morgan fingerprint density at radius 2 is 2.56 bits per heavy atom. The zero-order chi connectivity index (χ0) is 12.5. The number of fused-ring (bicyclic) bond motifs is 1. The number of hydrogen-bond acceptors (Lipinski definition) is 4. The molecule has 0 bridgehead atoms. The third-order valence-corrected chi connectivity index (χ3v) is 4.52. The molecule has 0 aliphatic carbocycles. The number of ether oxygens (including phenoxy) is 1. The van der Waals surface area contributed by atoms with Crippen LogP contribution in [-0.2, 0) is 11.3 Å². The van der Waals surface area contributed by atoms with E-state index in [-0.39, 0.29) is 0 Å². The second-order valence-corrected chi connectivity index (χ2v) is 5.80. The third-order valence-electron chi connectivity index (χ3n) is 3.27. The molecule has 4 nitrogen and oxygen atoms in total. The van der Waals surface area contributed by atoms with E-state index in [1.165, 1.54) is 12.1 Å². The molecule has 1 aliphatic rings. The van der Waals surface area contributed by atoms with Gasteiger partial charge < -0.3 is 10.1 Å². The second-order valence-electron chi connectivity index (χ2n) is 4.61. The fraction of sp³-hybridized carbons (Fsp3) is 0.583. The van der Waals surface area contributed by atoms with Crippen LogP contribution in [0.4, 0.5) is 0 Å². The molecular formula is C12H16ClN3OS. The quantitative estimate of drug-likeness (QED) is 0.938. The van der Waals surface area contributed by atoms with Crippen molar-refractivity contribution in [2.45, 2.75) is 32.4 Å². The third kappa shape index (κ3) is 2.28. The summed E-state index contributed by atoms with van der Waals surface area (Å²) in [6.45, 7) is 4.59. The highest BCUT2D eigenvalue weighted by atomic mass is 35.5. The number of nitrogens with zero attached hydrogens (tertiary/aromatic N) is 2. The van der Waals surface area contributed by atoms with E-state index in [0.717, 1.165) is 36.8 Å². The van der Waals surface area contributed by atoms with Crippen molar-refractivity contribution in [1.29, 1.82) is 0 Å². The van der Waals surface area contributed by atoms with Crippen LogP contribution in [0.15, 0.2) is 5.38 Å². The summed E-state index contributed by atoms with van der Waals surface area (Å²) in [5, 5.41) is 6.12. The topological polar surface area (TPSA) is 38.6 Å². The average molecular weight is 286 g/mol. The first-order valence-electron chi connectivity index (χ1n) is 6.19. The molecule has 1 atom stereocenters. The zero-order valence-electron chi connectivity index (χ0n) is 10.3. The molecule has 2 aromatic heterocycles. The maximum Gasteiger partial charge on any atom is 0.195 e. The van der Waals surface area contributed by atoms with Gasteiger partial charge in [0.25, 0.3) is 0 Å².